The third kappa shape index (κ3) is 5.30. The minimum absolute atomic E-state index is 0.0803. The summed E-state index contributed by atoms with van der Waals surface area (Å²) in [5.74, 6) is 1.40. The fourth-order valence-electron chi connectivity index (χ4n) is 5.11. The van der Waals surface area contributed by atoms with Crippen LogP contribution in [0.5, 0.6) is 5.75 Å². The minimum Gasteiger partial charge on any atom is -0.487 e. The average molecular weight is 528 g/mol. The van der Waals surface area contributed by atoms with Gasteiger partial charge in [-0.3, -0.25) is 0 Å². The predicted octanol–water partition coefficient (Wildman–Crippen LogP) is 8.67. The van der Waals surface area contributed by atoms with Crippen LogP contribution in [-0.2, 0) is 13.2 Å². The molecule has 0 aliphatic rings. The van der Waals surface area contributed by atoms with Crippen LogP contribution in [0, 0.1) is 11.2 Å². The third-order valence-electron chi connectivity index (χ3n) is 6.79. The zero-order valence-electron chi connectivity index (χ0n) is 22.1. The van der Waals surface area contributed by atoms with Gasteiger partial charge in [-0.25, -0.2) is 14.4 Å². The lowest BCUT2D eigenvalue weighted by Gasteiger charge is -2.33. The Balaban J connectivity index is 1.56. The summed E-state index contributed by atoms with van der Waals surface area (Å²) >= 11 is 6.48. The number of fused-ring (bicyclic) bond motifs is 1. The van der Waals surface area contributed by atoms with E-state index >= 15 is 0 Å². The van der Waals surface area contributed by atoms with Crippen molar-refractivity contribution in [3.8, 4) is 17.1 Å². The zero-order valence-corrected chi connectivity index (χ0v) is 22.8. The zero-order chi connectivity index (χ0) is 26.9. The van der Waals surface area contributed by atoms with Crippen LogP contribution in [0.25, 0.3) is 22.3 Å². The van der Waals surface area contributed by atoms with E-state index in [1.165, 1.54) is 17.7 Å². The first kappa shape index (κ1) is 25.9. The summed E-state index contributed by atoms with van der Waals surface area (Å²) in [6.45, 7) is 9.84. The smallest absolute Gasteiger partial charge is 0.141 e. The molecule has 0 spiro atoms. The molecule has 0 saturated carbocycles. The van der Waals surface area contributed by atoms with Crippen molar-refractivity contribution < 1.29 is 9.13 Å². The summed E-state index contributed by atoms with van der Waals surface area (Å²) in [5, 5.41) is 1.38. The first-order valence-electron chi connectivity index (χ1n) is 12.8. The summed E-state index contributed by atoms with van der Waals surface area (Å²) in [6, 6.07) is 25.1. The van der Waals surface area contributed by atoms with Crippen molar-refractivity contribution in [1.29, 1.82) is 0 Å². The molecule has 5 aromatic rings. The number of imidazole rings is 1. The maximum atomic E-state index is 13.6. The molecule has 0 saturated heterocycles. The fourth-order valence-corrected chi connectivity index (χ4v) is 5.36. The molecule has 2 heterocycles. The van der Waals surface area contributed by atoms with Crippen LogP contribution in [0.4, 0.5) is 4.39 Å². The molecule has 0 bridgehead atoms. The Bertz CT molecular complexity index is 1570. The van der Waals surface area contributed by atoms with E-state index < -0.39 is 0 Å². The average Bonchev–Trinajstić information content (AvgIpc) is 3.27. The van der Waals surface area contributed by atoms with Crippen molar-refractivity contribution in [2.75, 3.05) is 0 Å². The van der Waals surface area contributed by atoms with Crippen LogP contribution in [0.1, 0.15) is 50.4 Å². The molecular formula is C32H31ClFN3O. The molecule has 0 N–H and O–H groups in total. The molecule has 3 aromatic carbocycles. The molecule has 194 valence electrons. The lowest BCUT2D eigenvalue weighted by Crippen LogP contribution is -2.21. The quantitative estimate of drug-likeness (QED) is 0.212. The number of ether oxygens (including phenoxy) is 1. The van der Waals surface area contributed by atoms with Gasteiger partial charge in [0.2, 0.25) is 0 Å². The van der Waals surface area contributed by atoms with E-state index in [9.17, 15) is 4.39 Å². The highest BCUT2D eigenvalue weighted by molar-refractivity contribution is 6.29. The highest BCUT2D eigenvalue weighted by Gasteiger charge is 2.31. The standard InChI is InChI=1S/C32H31ClFN3O/c1-5-37-29(33)19-35-31(37)26-15-14-25(18-27(26)30(32(2,3)4)21-9-7-6-8-10-21)38-20-24-13-11-22-17-23(34)12-16-28(22)36-24/h6-19,30H,5,20H2,1-4H3. The summed E-state index contributed by atoms with van der Waals surface area (Å²) in [7, 11) is 0. The van der Waals surface area contributed by atoms with Crippen molar-refractivity contribution in [1.82, 2.24) is 14.5 Å². The van der Waals surface area contributed by atoms with Crippen LogP contribution in [0.3, 0.4) is 0 Å². The molecular weight excluding hydrogens is 497 g/mol. The number of hydrogen-bond acceptors (Lipinski definition) is 3. The SMILES string of the molecule is CCn1c(Cl)cnc1-c1ccc(OCc2ccc3cc(F)ccc3n2)cc1C(c1ccccc1)C(C)(C)C. The van der Waals surface area contributed by atoms with Crippen molar-refractivity contribution in [3.63, 3.8) is 0 Å². The summed E-state index contributed by atoms with van der Waals surface area (Å²) in [4.78, 5) is 9.33. The molecule has 4 nitrogen and oxygen atoms in total. The molecule has 0 amide bonds. The Hall–Kier alpha value is -3.70. The first-order chi connectivity index (χ1) is 18.2. The highest BCUT2D eigenvalue weighted by Crippen LogP contribution is 2.45. The summed E-state index contributed by atoms with van der Waals surface area (Å²) < 4.78 is 21.8. The van der Waals surface area contributed by atoms with Crippen molar-refractivity contribution in [3.05, 3.63) is 113 Å². The molecule has 0 aliphatic carbocycles. The minimum atomic E-state index is -0.271. The van der Waals surface area contributed by atoms with Gasteiger partial charge in [0.25, 0.3) is 0 Å². The lowest BCUT2D eigenvalue weighted by molar-refractivity contribution is 0.300. The van der Waals surface area contributed by atoms with Gasteiger partial charge in [0.15, 0.2) is 0 Å². The topological polar surface area (TPSA) is 39.9 Å². The van der Waals surface area contributed by atoms with Gasteiger partial charge in [-0.1, -0.05) is 68.8 Å². The van der Waals surface area contributed by atoms with E-state index in [4.69, 9.17) is 16.3 Å². The Morgan fingerprint density at radius 3 is 2.50 bits per heavy atom. The number of halogens is 2. The van der Waals surface area contributed by atoms with Gasteiger partial charge in [0, 0.05) is 23.4 Å². The van der Waals surface area contributed by atoms with Gasteiger partial charge in [-0.15, -0.1) is 0 Å². The van der Waals surface area contributed by atoms with Gasteiger partial charge in [-0.05, 0) is 65.9 Å². The number of pyridine rings is 1. The largest absolute Gasteiger partial charge is 0.487 e. The Morgan fingerprint density at radius 2 is 1.76 bits per heavy atom. The molecule has 1 unspecified atom stereocenters. The number of nitrogens with zero attached hydrogens (tertiary/aromatic N) is 3. The molecule has 2 aromatic heterocycles. The van der Waals surface area contributed by atoms with Gasteiger partial charge in [0.1, 0.15) is 29.2 Å². The third-order valence-corrected chi connectivity index (χ3v) is 7.09. The molecule has 6 heteroatoms. The predicted molar refractivity (Wildman–Crippen MR) is 152 cm³/mol. The summed E-state index contributed by atoms with van der Waals surface area (Å²) in [6.07, 6.45) is 1.71. The molecule has 1 atom stereocenters. The van der Waals surface area contributed by atoms with E-state index in [0.29, 0.717) is 11.8 Å². The summed E-state index contributed by atoms with van der Waals surface area (Å²) in [5.41, 5.74) is 4.81. The fraction of sp³-hybridized carbons (Fsp3) is 0.250. The second-order valence-electron chi connectivity index (χ2n) is 10.5. The van der Waals surface area contributed by atoms with Crippen molar-refractivity contribution in [2.45, 2.75) is 46.8 Å². The van der Waals surface area contributed by atoms with Crippen molar-refractivity contribution in [2.24, 2.45) is 5.41 Å². The first-order valence-corrected chi connectivity index (χ1v) is 13.2. The van der Waals surface area contributed by atoms with Gasteiger partial charge in [-0.2, -0.15) is 0 Å². The lowest BCUT2D eigenvalue weighted by atomic mass is 9.71. The maximum absolute atomic E-state index is 13.6. The second-order valence-corrected chi connectivity index (χ2v) is 10.9. The van der Waals surface area contributed by atoms with E-state index in [2.05, 4.69) is 74.1 Å². The van der Waals surface area contributed by atoms with Crippen LogP contribution in [-0.4, -0.2) is 14.5 Å². The van der Waals surface area contributed by atoms with E-state index in [-0.39, 0.29) is 17.2 Å². The number of rotatable bonds is 7. The van der Waals surface area contributed by atoms with Crippen LogP contribution >= 0.6 is 11.6 Å². The molecule has 38 heavy (non-hydrogen) atoms. The Kier molecular flexibility index (Phi) is 7.22. The van der Waals surface area contributed by atoms with E-state index in [0.717, 1.165) is 45.8 Å². The van der Waals surface area contributed by atoms with Crippen LogP contribution in [0.15, 0.2) is 85.1 Å². The molecule has 0 aliphatic heterocycles. The Labute approximate surface area is 228 Å². The maximum Gasteiger partial charge on any atom is 0.141 e. The van der Waals surface area contributed by atoms with E-state index in [1.807, 2.05) is 28.8 Å². The molecule has 0 fully saturated rings. The second kappa shape index (κ2) is 10.6. The molecule has 5 rings (SSSR count). The normalized spacial score (nSPS) is 12.6. The van der Waals surface area contributed by atoms with Gasteiger partial charge < -0.3 is 9.30 Å². The van der Waals surface area contributed by atoms with Gasteiger partial charge >= 0.3 is 0 Å². The number of aromatic nitrogens is 3. The number of hydrogen-bond donors (Lipinski definition) is 0. The van der Waals surface area contributed by atoms with E-state index in [1.54, 1.807) is 12.3 Å². The highest BCUT2D eigenvalue weighted by atomic mass is 35.5. The molecule has 0 radical (unpaired) electrons. The number of benzene rings is 3. The van der Waals surface area contributed by atoms with Crippen LogP contribution in [0.2, 0.25) is 5.15 Å². The van der Waals surface area contributed by atoms with Crippen molar-refractivity contribution >= 4 is 22.5 Å². The Morgan fingerprint density at radius 1 is 0.974 bits per heavy atom. The van der Waals surface area contributed by atoms with Crippen LogP contribution < -0.4 is 4.74 Å². The van der Waals surface area contributed by atoms with Gasteiger partial charge in [0.05, 0.1) is 17.4 Å². The monoisotopic (exact) mass is 527 g/mol.